The number of aromatic nitrogens is 3. The maximum atomic E-state index is 11.9. The van der Waals surface area contributed by atoms with Crippen molar-refractivity contribution >= 4 is 16.9 Å². The van der Waals surface area contributed by atoms with E-state index in [1.54, 1.807) is 4.68 Å². The van der Waals surface area contributed by atoms with Crippen LogP contribution < -0.4 is 5.32 Å². The van der Waals surface area contributed by atoms with Crippen molar-refractivity contribution in [1.82, 2.24) is 25.0 Å². The molecule has 0 radical (unpaired) electrons. The molecule has 6 heteroatoms. The molecule has 1 aliphatic heterocycles. The lowest BCUT2D eigenvalue weighted by Crippen LogP contribution is -2.35. The van der Waals surface area contributed by atoms with Crippen LogP contribution >= 0.6 is 0 Å². The van der Waals surface area contributed by atoms with Gasteiger partial charge >= 0.3 is 0 Å². The fourth-order valence-electron chi connectivity index (χ4n) is 2.84. The fraction of sp³-hybridized carbons (Fsp3) is 0.533. The van der Waals surface area contributed by atoms with E-state index in [9.17, 15) is 4.79 Å². The van der Waals surface area contributed by atoms with Crippen molar-refractivity contribution in [3.8, 4) is 0 Å². The van der Waals surface area contributed by atoms with Gasteiger partial charge in [-0.2, -0.15) is 5.10 Å². The van der Waals surface area contributed by atoms with E-state index in [-0.39, 0.29) is 5.91 Å². The van der Waals surface area contributed by atoms with Gasteiger partial charge < -0.3 is 10.2 Å². The molecule has 2 aromatic rings. The van der Waals surface area contributed by atoms with Crippen LogP contribution in [0.2, 0.25) is 0 Å². The summed E-state index contributed by atoms with van der Waals surface area (Å²) in [5, 5.41) is 8.65. The molecular formula is C15H21N5O. The summed E-state index contributed by atoms with van der Waals surface area (Å²) in [4.78, 5) is 18.3. The Balaban J connectivity index is 1.60. The van der Waals surface area contributed by atoms with Crippen molar-refractivity contribution in [2.45, 2.75) is 26.3 Å². The molecule has 0 saturated carbocycles. The molecular weight excluding hydrogens is 266 g/mol. The quantitative estimate of drug-likeness (QED) is 0.911. The minimum atomic E-state index is 0.194. The molecule has 21 heavy (non-hydrogen) atoms. The van der Waals surface area contributed by atoms with Gasteiger partial charge in [0.05, 0.1) is 12.2 Å². The van der Waals surface area contributed by atoms with Crippen molar-refractivity contribution in [2.75, 3.05) is 19.6 Å². The van der Waals surface area contributed by atoms with Gasteiger partial charge in [-0.25, -0.2) is 4.98 Å². The van der Waals surface area contributed by atoms with Crippen LogP contribution in [0.3, 0.4) is 0 Å². The van der Waals surface area contributed by atoms with Crippen LogP contribution in [0, 0.1) is 6.92 Å². The second-order valence-electron chi connectivity index (χ2n) is 5.62. The number of rotatable bonds is 4. The van der Waals surface area contributed by atoms with Crippen LogP contribution in [-0.2, 0) is 18.4 Å². The highest BCUT2D eigenvalue weighted by atomic mass is 16.2. The van der Waals surface area contributed by atoms with E-state index in [0.29, 0.717) is 13.1 Å². The Morgan fingerprint density at radius 1 is 1.38 bits per heavy atom. The topological polar surface area (TPSA) is 63.1 Å². The molecule has 1 saturated heterocycles. The number of nitrogens with zero attached hydrogens (tertiary/aromatic N) is 4. The molecule has 3 heterocycles. The molecule has 0 atom stereocenters. The predicted octanol–water partition coefficient (Wildman–Crippen LogP) is 0.989. The molecule has 1 amide bonds. The highest BCUT2D eigenvalue weighted by molar-refractivity contribution is 5.79. The first-order valence-electron chi connectivity index (χ1n) is 7.42. The maximum absolute atomic E-state index is 11.9. The first kappa shape index (κ1) is 14.0. The average molecular weight is 287 g/mol. The van der Waals surface area contributed by atoms with Crippen molar-refractivity contribution in [3.05, 3.63) is 23.5 Å². The second kappa shape index (κ2) is 5.81. The minimum Gasteiger partial charge on any atom is -0.342 e. The van der Waals surface area contributed by atoms with Gasteiger partial charge in [0.1, 0.15) is 0 Å². The van der Waals surface area contributed by atoms with Crippen LogP contribution in [0.1, 0.15) is 24.1 Å². The largest absolute Gasteiger partial charge is 0.342 e. The zero-order valence-electron chi connectivity index (χ0n) is 12.6. The van der Waals surface area contributed by atoms with Crippen molar-refractivity contribution in [3.63, 3.8) is 0 Å². The summed E-state index contributed by atoms with van der Waals surface area (Å²) in [5.41, 5.74) is 2.95. The first-order valence-corrected chi connectivity index (χ1v) is 7.42. The normalized spacial score (nSPS) is 15.0. The van der Waals surface area contributed by atoms with Crippen molar-refractivity contribution in [2.24, 2.45) is 7.05 Å². The molecule has 0 unspecified atom stereocenters. The van der Waals surface area contributed by atoms with E-state index in [2.05, 4.69) is 21.5 Å². The van der Waals surface area contributed by atoms with Gasteiger partial charge in [0, 0.05) is 38.3 Å². The fourth-order valence-corrected chi connectivity index (χ4v) is 2.84. The summed E-state index contributed by atoms with van der Waals surface area (Å²) in [6, 6.07) is 2.10. The van der Waals surface area contributed by atoms with Crippen LogP contribution in [0.4, 0.5) is 0 Å². The number of carbonyl (C=O) groups is 1. The molecule has 112 valence electrons. The van der Waals surface area contributed by atoms with Gasteiger partial charge in [0.2, 0.25) is 5.91 Å². The molecule has 0 aromatic carbocycles. The lowest BCUT2D eigenvalue weighted by atomic mass is 10.2. The summed E-state index contributed by atoms with van der Waals surface area (Å²) < 4.78 is 1.79. The monoisotopic (exact) mass is 287 g/mol. The predicted molar refractivity (Wildman–Crippen MR) is 80.8 cm³/mol. The third kappa shape index (κ3) is 2.90. The van der Waals surface area contributed by atoms with Gasteiger partial charge in [-0.1, -0.05) is 0 Å². The van der Waals surface area contributed by atoms with Gasteiger partial charge in [-0.05, 0) is 31.4 Å². The van der Waals surface area contributed by atoms with E-state index in [1.807, 2.05) is 25.1 Å². The van der Waals surface area contributed by atoms with E-state index in [1.165, 1.54) is 0 Å². The molecule has 2 aromatic heterocycles. The number of nitrogens with one attached hydrogen (secondary N) is 1. The molecule has 0 aliphatic carbocycles. The molecule has 3 rings (SSSR count). The summed E-state index contributed by atoms with van der Waals surface area (Å²) in [6.45, 7) is 4.84. The number of fused-ring (bicyclic) bond motifs is 1. The summed E-state index contributed by atoms with van der Waals surface area (Å²) in [5.74, 6) is 0.194. The van der Waals surface area contributed by atoms with Crippen LogP contribution in [-0.4, -0.2) is 45.2 Å². The lowest BCUT2D eigenvalue weighted by Gasteiger charge is -2.15. The lowest BCUT2D eigenvalue weighted by molar-refractivity contribution is -0.129. The Bertz CT molecular complexity index is 657. The number of hydrogen-bond acceptors (Lipinski definition) is 4. The summed E-state index contributed by atoms with van der Waals surface area (Å²) in [6.07, 6.45) is 4.11. The molecule has 0 bridgehead atoms. The molecule has 0 spiro atoms. The molecule has 1 fully saturated rings. The van der Waals surface area contributed by atoms with E-state index >= 15 is 0 Å². The summed E-state index contributed by atoms with van der Waals surface area (Å²) in [7, 11) is 1.90. The highest BCUT2D eigenvalue weighted by Crippen LogP contribution is 2.16. The van der Waals surface area contributed by atoms with Crippen LogP contribution in [0.15, 0.2) is 12.3 Å². The van der Waals surface area contributed by atoms with E-state index in [0.717, 1.165) is 48.2 Å². The Hall–Kier alpha value is -1.95. The minimum absolute atomic E-state index is 0.194. The number of likely N-dealkylation sites (tertiary alicyclic amines) is 1. The Morgan fingerprint density at radius 2 is 2.14 bits per heavy atom. The first-order chi connectivity index (χ1) is 10.1. The number of carbonyl (C=O) groups excluding carboxylic acids is 1. The van der Waals surface area contributed by atoms with Gasteiger partial charge in [0.15, 0.2) is 5.65 Å². The van der Waals surface area contributed by atoms with E-state index < -0.39 is 0 Å². The maximum Gasteiger partial charge on any atom is 0.236 e. The zero-order valence-corrected chi connectivity index (χ0v) is 12.6. The number of pyridine rings is 1. The van der Waals surface area contributed by atoms with Gasteiger partial charge in [-0.15, -0.1) is 0 Å². The van der Waals surface area contributed by atoms with Crippen molar-refractivity contribution < 1.29 is 4.79 Å². The Labute approximate surface area is 124 Å². The number of aryl methyl sites for hydroxylation is 2. The SMILES string of the molecule is Cc1nn(C)c2ncc(CNCC(=O)N3CCCC3)cc12. The number of amides is 1. The molecule has 1 N–H and O–H groups in total. The Morgan fingerprint density at radius 3 is 2.90 bits per heavy atom. The third-order valence-electron chi connectivity index (χ3n) is 3.98. The van der Waals surface area contributed by atoms with Crippen molar-refractivity contribution in [1.29, 1.82) is 0 Å². The second-order valence-corrected chi connectivity index (χ2v) is 5.62. The van der Waals surface area contributed by atoms with E-state index in [4.69, 9.17) is 0 Å². The smallest absolute Gasteiger partial charge is 0.236 e. The Kier molecular flexibility index (Phi) is 3.88. The molecule has 1 aliphatic rings. The molecule has 6 nitrogen and oxygen atoms in total. The van der Waals surface area contributed by atoms with Crippen LogP contribution in [0.5, 0.6) is 0 Å². The zero-order chi connectivity index (χ0) is 14.8. The standard InChI is InChI=1S/C15H21N5O/c1-11-13-7-12(9-17-15(13)19(2)18-11)8-16-10-14(21)20-5-3-4-6-20/h7,9,16H,3-6,8,10H2,1-2H3. The highest BCUT2D eigenvalue weighted by Gasteiger charge is 2.17. The number of hydrogen-bond donors (Lipinski definition) is 1. The van der Waals surface area contributed by atoms with Gasteiger partial charge in [-0.3, -0.25) is 9.48 Å². The third-order valence-corrected chi connectivity index (χ3v) is 3.98. The van der Waals surface area contributed by atoms with Gasteiger partial charge in [0.25, 0.3) is 0 Å². The van der Waals surface area contributed by atoms with Crippen LogP contribution in [0.25, 0.3) is 11.0 Å². The summed E-state index contributed by atoms with van der Waals surface area (Å²) >= 11 is 0. The average Bonchev–Trinajstić information content (AvgIpc) is 3.09.